The molecule has 0 atom stereocenters. The Morgan fingerprint density at radius 1 is 1.24 bits per heavy atom. The third-order valence-electron chi connectivity index (χ3n) is 2.94. The standard InChI is InChI=1S/C14H13N5OS/c15-19-9-16-18-14(19)21-8-13(20)17-12-7-3-5-10-4-1-2-6-11(10)12/h1-7,9H,8,15H2,(H,17,20). The molecule has 3 rings (SSSR count). The lowest BCUT2D eigenvalue weighted by atomic mass is 10.1. The molecule has 0 aliphatic rings. The lowest BCUT2D eigenvalue weighted by molar-refractivity contribution is -0.113. The van der Waals surface area contributed by atoms with Crippen LogP contribution in [0.3, 0.4) is 0 Å². The van der Waals surface area contributed by atoms with Gasteiger partial charge in [-0.1, -0.05) is 48.2 Å². The Morgan fingerprint density at radius 3 is 2.86 bits per heavy atom. The molecule has 0 spiro atoms. The summed E-state index contributed by atoms with van der Waals surface area (Å²) < 4.78 is 1.29. The fraction of sp³-hybridized carbons (Fsp3) is 0.0714. The van der Waals surface area contributed by atoms with Gasteiger partial charge in [-0.2, -0.15) is 0 Å². The molecular weight excluding hydrogens is 286 g/mol. The fourth-order valence-electron chi connectivity index (χ4n) is 1.99. The van der Waals surface area contributed by atoms with Crippen molar-refractivity contribution in [1.82, 2.24) is 14.9 Å². The molecule has 0 unspecified atom stereocenters. The Kier molecular flexibility index (Phi) is 3.74. The fourth-order valence-corrected chi connectivity index (χ4v) is 2.62. The van der Waals surface area contributed by atoms with Crippen LogP contribution in [0.5, 0.6) is 0 Å². The molecule has 1 heterocycles. The summed E-state index contributed by atoms with van der Waals surface area (Å²) in [6.07, 6.45) is 1.39. The summed E-state index contributed by atoms with van der Waals surface area (Å²) in [7, 11) is 0. The molecule has 7 heteroatoms. The number of nitrogen functional groups attached to an aromatic ring is 1. The molecule has 106 valence electrons. The molecule has 0 saturated carbocycles. The second-order valence-electron chi connectivity index (χ2n) is 4.38. The van der Waals surface area contributed by atoms with Crippen LogP contribution in [0.15, 0.2) is 53.9 Å². The monoisotopic (exact) mass is 299 g/mol. The molecule has 0 saturated heterocycles. The van der Waals surface area contributed by atoms with Crippen molar-refractivity contribution in [3.8, 4) is 0 Å². The predicted octanol–water partition coefficient (Wildman–Crippen LogP) is 1.88. The van der Waals surface area contributed by atoms with Crippen LogP contribution in [0.25, 0.3) is 10.8 Å². The SMILES string of the molecule is Nn1cnnc1SCC(=O)Nc1cccc2ccccc12. The van der Waals surface area contributed by atoms with Crippen molar-refractivity contribution in [3.05, 3.63) is 48.8 Å². The molecule has 0 fully saturated rings. The summed E-state index contributed by atoms with van der Waals surface area (Å²) in [5.41, 5.74) is 0.799. The third kappa shape index (κ3) is 2.97. The van der Waals surface area contributed by atoms with E-state index in [2.05, 4.69) is 15.5 Å². The quantitative estimate of drug-likeness (QED) is 0.567. The highest BCUT2D eigenvalue weighted by molar-refractivity contribution is 7.99. The third-order valence-corrected chi connectivity index (χ3v) is 3.89. The Labute approximate surface area is 125 Å². The van der Waals surface area contributed by atoms with Gasteiger partial charge in [0.1, 0.15) is 6.33 Å². The van der Waals surface area contributed by atoms with Crippen LogP contribution in [0.1, 0.15) is 0 Å². The smallest absolute Gasteiger partial charge is 0.234 e. The highest BCUT2D eigenvalue weighted by Gasteiger charge is 2.09. The zero-order valence-electron chi connectivity index (χ0n) is 11.1. The largest absolute Gasteiger partial charge is 0.336 e. The molecule has 0 aliphatic heterocycles. The van der Waals surface area contributed by atoms with Crippen molar-refractivity contribution >= 4 is 34.1 Å². The van der Waals surface area contributed by atoms with Gasteiger partial charge in [-0.3, -0.25) is 4.79 Å². The number of benzene rings is 2. The van der Waals surface area contributed by atoms with E-state index in [1.165, 1.54) is 22.8 Å². The maximum absolute atomic E-state index is 12.0. The molecule has 2 aromatic carbocycles. The maximum Gasteiger partial charge on any atom is 0.234 e. The zero-order chi connectivity index (χ0) is 14.7. The van der Waals surface area contributed by atoms with Crippen molar-refractivity contribution in [1.29, 1.82) is 0 Å². The van der Waals surface area contributed by atoms with Crippen molar-refractivity contribution < 1.29 is 4.79 Å². The minimum Gasteiger partial charge on any atom is -0.336 e. The average molecular weight is 299 g/mol. The summed E-state index contributed by atoms with van der Waals surface area (Å²) in [6, 6.07) is 13.7. The minimum absolute atomic E-state index is 0.112. The van der Waals surface area contributed by atoms with E-state index >= 15 is 0 Å². The number of anilines is 1. The van der Waals surface area contributed by atoms with Crippen LogP contribution >= 0.6 is 11.8 Å². The highest BCUT2D eigenvalue weighted by Crippen LogP contribution is 2.23. The van der Waals surface area contributed by atoms with Crippen LogP contribution in [-0.2, 0) is 4.79 Å². The van der Waals surface area contributed by atoms with Gasteiger partial charge in [0, 0.05) is 11.1 Å². The zero-order valence-corrected chi connectivity index (χ0v) is 11.9. The Morgan fingerprint density at radius 2 is 2.05 bits per heavy atom. The normalized spacial score (nSPS) is 10.7. The first kappa shape index (κ1) is 13.4. The van der Waals surface area contributed by atoms with Gasteiger partial charge in [-0.25, -0.2) is 4.68 Å². The van der Waals surface area contributed by atoms with Gasteiger partial charge in [-0.05, 0) is 11.5 Å². The lowest BCUT2D eigenvalue weighted by Crippen LogP contribution is -2.15. The topological polar surface area (TPSA) is 85.8 Å². The number of hydrogen-bond donors (Lipinski definition) is 2. The van der Waals surface area contributed by atoms with E-state index in [4.69, 9.17) is 5.84 Å². The number of nitrogens with one attached hydrogen (secondary N) is 1. The van der Waals surface area contributed by atoms with Gasteiger partial charge in [0.2, 0.25) is 11.1 Å². The predicted molar refractivity (Wildman–Crippen MR) is 83.5 cm³/mol. The first-order valence-electron chi connectivity index (χ1n) is 6.29. The molecule has 21 heavy (non-hydrogen) atoms. The second kappa shape index (κ2) is 5.84. The summed E-state index contributed by atoms with van der Waals surface area (Å²) in [4.78, 5) is 12.0. The summed E-state index contributed by atoms with van der Waals surface area (Å²) >= 11 is 1.24. The summed E-state index contributed by atoms with van der Waals surface area (Å²) in [5, 5.41) is 13.0. The molecule has 3 aromatic rings. The Balaban J connectivity index is 1.70. The number of nitrogens with two attached hydrogens (primary N) is 1. The number of rotatable bonds is 4. The molecule has 6 nitrogen and oxygen atoms in total. The van der Waals surface area contributed by atoms with Crippen LogP contribution < -0.4 is 11.2 Å². The van der Waals surface area contributed by atoms with Crippen LogP contribution in [0.4, 0.5) is 5.69 Å². The first-order chi connectivity index (χ1) is 10.2. The van der Waals surface area contributed by atoms with Crippen LogP contribution in [0, 0.1) is 0 Å². The Bertz CT molecular complexity index is 780. The van der Waals surface area contributed by atoms with Crippen molar-refractivity contribution in [2.75, 3.05) is 16.9 Å². The molecule has 3 N–H and O–H groups in total. The summed E-state index contributed by atoms with van der Waals surface area (Å²) in [6.45, 7) is 0. The van der Waals surface area contributed by atoms with Gasteiger partial charge in [-0.15, -0.1) is 10.2 Å². The number of thioether (sulfide) groups is 1. The number of hydrogen-bond acceptors (Lipinski definition) is 5. The second-order valence-corrected chi connectivity index (χ2v) is 5.33. The van der Waals surface area contributed by atoms with Gasteiger partial charge < -0.3 is 11.2 Å². The van der Waals surface area contributed by atoms with Crippen molar-refractivity contribution in [2.45, 2.75) is 5.16 Å². The van der Waals surface area contributed by atoms with Gasteiger partial charge in [0.05, 0.1) is 5.75 Å². The van der Waals surface area contributed by atoms with Gasteiger partial charge in [0.15, 0.2) is 0 Å². The van der Waals surface area contributed by atoms with Gasteiger partial charge >= 0.3 is 0 Å². The average Bonchev–Trinajstić information content (AvgIpc) is 2.91. The van der Waals surface area contributed by atoms with E-state index in [9.17, 15) is 4.79 Å². The van der Waals surface area contributed by atoms with Crippen molar-refractivity contribution in [3.63, 3.8) is 0 Å². The van der Waals surface area contributed by atoms with Gasteiger partial charge in [0.25, 0.3) is 0 Å². The maximum atomic E-state index is 12.0. The molecular formula is C14H13N5OS. The summed E-state index contributed by atoms with van der Waals surface area (Å²) in [5.74, 6) is 5.70. The van der Waals surface area contributed by atoms with E-state index in [1.54, 1.807) is 0 Å². The number of amides is 1. The molecule has 0 aliphatic carbocycles. The number of nitrogens with zero attached hydrogens (tertiary/aromatic N) is 3. The highest BCUT2D eigenvalue weighted by atomic mass is 32.2. The Hall–Kier alpha value is -2.54. The molecule has 1 amide bonds. The van der Waals surface area contributed by atoms with E-state index in [0.29, 0.717) is 5.16 Å². The molecule has 0 bridgehead atoms. The number of aromatic nitrogens is 3. The lowest BCUT2D eigenvalue weighted by Gasteiger charge is -2.08. The molecule has 1 aromatic heterocycles. The molecule has 0 radical (unpaired) electrons. The van der Waals surface area contributed by atoms with E-state index in [0.717, 1.165) is 16.5 Å². The minimum atomic E-state index is -0.112. The first-order valence-corrected chi connectivity index (χ1v) is 7.28. The van der Waals surface area contributed by atoms with E-state index in [1.807, 2.05) is 42.5 Å². The van der Waals surface area contributed by atoms with Crippen LogP contribution in [-0.4, -0.2) is 26.5 Å². The van der Waals surface area contributed by atoms with E-state index < -0.39 is 0 Å². The van der Waals surface area contributed by atoms with Crippen molar-refractivity contribution in [2.24, 2.45) is 0 Å². The number of carbonyl (C=O) groups excluding carboxylic acids is 1. The number of fused-ring (bicyclic) bond motifs is 1. The van der Waals surface area contributed by atoms with E-state index in [-0.39, 0.29) is 11.7 Å². The number of carbonyl (C=O) groups is 1. The van der Waals surface area contributed by atoms with Crippen LogP contribution in [0.2, 0.25) is 0 Å².